The Morgan fingerprint density at radius 2 is 2.15 bits per heavy atom. The molecule has 114 valence electrons. The van der Waals surface area contributed by atoms with Gasteiger partial charge in [-0.25, -0.2) is 0 Å². The van der Waals surface area contributed by atoms with Crippen LogP contribution in [0.15, 0.2) is 6.20 Å². The topological polar surface area (TPSA) is 29.9 Å². The van der Waals surface area contributed by atoms with Crippen LogP contribution < -0.4 is 5.32 Å². The van der Waals surface area contributed by atoms with Gasteiger partial charge in [-0.1, -0.05) is 18.5 Å². The van der Waals surface area contributed by atoms with E-state index in [9.17, 15) is 0 Å². The summed E-state index contributed by atoms with van der Waals surface area (Å²) in [6.07, 6.45) is 2.98. The fourth-order valence-electron chi connectivity index (χ4n) is 2.76. The summed E-state index contributed by atoms with van der Waals surface area (Å²) in [5.41, 5.74) is 1.14. The number of hydrogen-bond donors (Lipinski definition) is 1. The van der Waals surface area contributed by atoms with E-state index in [0.29, 0.717) is 16.5 Å². The summed E-state index contributed by atoms with van der Waals surface area (Å²) in [7, 11) is 2.03. The molecule has 3 unspecified atom stereocenters. The van der Waals surface area contributed by atoms with E-state index in [4.69, 9.17) is 11.6 Å². The van der Waals surface area contributed by atoms with Gasteiger partial charge in [-0.2, -0.15) is 28.6 Å². The Morgan fingerprint density at radius 3 is 2.75 bits per heavy atom. The van der Waals surface area contributed by atoms with Gasteiger partial charge in [0.1, 0.15) is 0 Å². The highest BCUT2D eigenvalue weighted by molar-refractivity contribution is 8.07. The molecule has 0 aromatic carbocycles. The lowest BCUT2D eigenvalue weighted by Gasteiger charge is -2.36. The van der Waals surface area contributed by atoms with E-state index in [-0.39, 0.29) is 6.04 Å². The summed E-state index contributed by atoms with van der Waals surface area (Å²) in [4.78, 5) is 0. The van der Waals surface area contributed by atoms with Gasteiger partial charge in [0.15, 0.2) is 0 Å². The van der Waals surface area contributed by atoms with E-state index in [1.54, 1.807) is 6.20 Å². The maximum Gasteiger partial charge on any atom is 0.0834 e. The zero-order valence-corrected chi connectivity index (χ0v) is 15.0. The number of rotatable bonds is 5. The second kappa shape index (κ2) is 7.43. The highest BCUT2D eigenvalue weighted by Crippen LogP contribution is 2.42. The fourth-order valence-corrected chi connectivity index (χ4v) is 6.27. The average Bonchev–Trinajstić information content (AvgIpc) is 2.83. The van der Waals surface area contributed by atoms with E-state index >= 15 is 0 Å². The highest BCUT2D eigenvalue weighted by Gasteiger charge is 2.35. The molecule has 0 spiro atoms. The van der Waals surface area contributed by atoms with E-state index in [0.717, 1.165) is 10.7 Å². The summed E-state index contributed by atoms with van der Waals surface area (Å²) in [6.45, 7) is 6.59. The molecule has 0 amide bonds. The van der Waals surface area contributed by atoms with Crippen molar-refractivity contribution in [2.24, 2.45) is 0 Å². The van der Waals surface area contributed by atoms with Crippen LogP contribution in [0.25, 0.3) is 0 Å². The van der Waals surface area contributed by atoms with Crippen LogP contribution >= 0.6 is 35.1 Å². The van der Waals surface area contributed by atoms with Crippen LogP contribution in [0.1, 0.15) is 45.0 Å². The van der Waals surface area contributed by atoms with Crippen molar-refractivity contribution in [2.45, 2.75) is 49.8 Å². The van der Waals surface area contributed by atoms with Crippen molar-refractivity contribution in [3.05, 3.63) is 16.9 Å². The van der Waals surface area contributed by atoms with Crippen molar-refractivity contribution in [1.82, 2.24) is 15.1 Å². The third-order valence-electron chi connectivity index (χ3n) is 3.70. The SMILES string of the molecule is CCC1SCCSC1C(NC)c1c(Cl)cnn1C(C)C. The minimum absolute atomic E-state index is 0.259. The quantitative estimate of drug-likeness (QED) is 0.882. The number of hydrogen-bond acceptors (Lipinski definition) is 4. The Balaban J connectivity index is 2.34. The van der Waals surface area contributed by atoms with Crippen LogP contribution in [0, 0.1) is 0 Å². The molecule has 0 bridgehead atoms. The van der Waals surface area contributed by atoms with Gasteiger partial charge in [0, 0.05) is 28.0 Å². The summed E-state index contributed by atoms with van der Waals surface area (Å²) in [5.74, 6) is 2.48. The predicted octanol–water partition coefficient (Wildman–Crippen LogP) is 4.01. The normalized spacial score (nSPS) is 25.1. The van der Waals surface area contributed by atoms with E-state index in [2.05, 4.69) is 59.4 Å². The third-order valence-corrected chi connectivity index (χ3v) is 7.35. The van der Waals surface area contributed by atoms with Crippen molar-refractivity contribution in [3.8, 4) is 0 Å². The first-order valence-electron chi connectivity index (χ1n) is 7.23. The van der Waals surface area contributed by atoms with Crippen LogP contribution in [0.3, 0.4) is 0 Å². The van der Waals surface area contributed by atoms with E-state index in [1.165, 1.54) is 17.9 Å². The molecule has 1 fully saturated rings. The Hall–Kier alpha value is 0.160. The summed E-state index contributed by atoms with van der Waals surface area (Å²) in [5, 5.41) is 9.96. The molecule has 3 nitrogen and oxygen atoms in total. The third kappa shape index (κ3) is 3.32. The van der Waals surface area contributed by atoms with Gasteiger partial charge in [0.2, 0.25) is 0 Å². The molecule has 20 heavy (non-hydrogen) atoms. The first-order chi connectivity index (χ1) is 9.60. The monoisotopic (exact) mass is 333 g/mol. The largest absolute Gasteiger partial charge is 0.311 e. The maximum absolute atomic E-state index is 6.43. The molecular weight excluding hydrogens is 310 g/mol. The zero-order chi connectivity index (χ0) is 14.7. The van der Waals surface area contributed by atoms with Crippen molar-refractivity contribution in [3.63, 3.8) is 0 Å². The Kier molecular flexibility index (Phi) is 6.14. The van der Waals surface area contributed by atoms with Gasteiger partial charge in [0.25, 0.3) is 0 Å². The van der Waals surface area contributed by atoms with Crippen molar-refractivity contribution in [1.29, 1.82) is 0 Å². The highest BCUT2D eigenvalue weighted by atomic mass is 35.5. The molecule has 1 aromatic rings. The smallest absolute Gasteiger partial charge is 0.0834 e. The lowest BCUT2D eigenvalue weighted by molar-refractivity contribution is 0.447. The van der Waals surface area contributed by atoms with Crippen LogP contribution in [0.4, 0.5) is 0 Å². The Morgan fingerprint density at radius 1 is 1.45 bits per heavy atom. The maximum atomic E-state index is 6.43. The number of nitrogens with zero attached hydrogens (tertiary/aromatic N) is 2. The van der Waals surface area contributed by atoms with Crippen LogP contribution in [-0.4, -0.2) is 38.8 Å². The van der Waals surface area contributed by atoms with Crippen LogP contribution in [0.2, 0.25) is 5.02 Å². The predicted molar refractivity (Wildman–Crippen MR) is 92.2 cm³/mol. The van der Waals surface area contributed by atoms with Crippen molar-refractivity contribution in [2.75, 3.05) is 18.6 Å². The molecule has 0 radical (unpaired) electrons. The minimum Gasteiger partial charge on any atom is -0.311 e. The first kappa shape index (κ1) is 16.5. The lowest BCUT2D eigenvalue weighted by atomic mass is 10.0. The molecule has 6 heteroatoms. The summed E-state index contributed by atoms with van der Waals surface area (Å²) < 4.78 is 2.07. The first-order valence-corrected chi connectivity index (χ1v) is 9.71. The molecule has 1 aromatic heterocycles. The summed E-state index contributed by atoms with van der Waals surface area (Å²) >= 11 is 10.6. The Bertz CT molecular complexity index is 436. The molecule has 0 saturated carbocycles. The number of thioether (sulfide) groups is 2. The number of nitrogens with one attached hydrogen (secondary N) is 1. The Labute approximate surface area is 135 Å². The van der Waals surface area contributed by atoms with Crippen molar-refractivity contribution >= 4 is 35.1 Å². The van der Waals surface area contributed by atoms with E-state index in [1.807, 2.05) is 7.05 Å². The minimum atomic E-state index is 0.259. The average molecular weight is 334 g/mol. The molecular formula is C14H24ClN3S2. The fraction of sp³-hybridized carbons (Fsp3) is 0.786. The summed E-state index contributed by atoms with van der Waals surface area (Å²) in [6, 6.07) is 0.588. The molecule has 3 atom stereocenters. The lowest BCUT2D eigenvalue weighted by Crippen LogP contribution is -2.38. The molecule has 2 heterocycles. The zero-order valence-electron chi connectivity index (χ0n) is 12.6. The van der Waals surface area contributed by atoms with Gasteiger partial charge in [-0.05, 0) is 27.3 Å². The number of halogens is 1. The second-order valence-corrected chi connectivity index (χ2v) is 8.38. The van der Waals surface area contributed by atoms with Gasteiger partial charge < -0.3 is 5.32 Å². The molecule has 1 N–H and O–H groups in total. The van der Waals surface area contributed by atoms with Gasteiger partial charge in [-0.15, -0.1) is 0 Å². The van der Waals surface area contributed by atoms with Gasteiger partial charge in [0.05, 0.1) is 23.0 Å². The number of aromatic nitrogens is 2. The van der Waals surface area contributed by atoms with Crippen molar-refractivity contribution < 1.29 is 0 Å². The second-order valence-electron chi connectivity index (χ2n) is 5.34. The molecule has 1 saturated heterocycles. The van der Waals surface area contributed by atoms with E-state index < -0.39 is 0 Å². The van der Waals surface area contributed by atoms with Gasteiger partial charge in [-0.3, -0.25) is 4.68 Å². The van der Waals surface area contributed by atoms with Crippen LogP contribution in [0.5, 0.6) is 0 Å². The molecule has 1 aliphatic rings. The molecule has 1 aliphatic heterocycles. The standard InChI is InChI=1S/C14H24ClN3S2/c1-5-11-14(20-7-6-19-11)12(16-4)13-10(15)8-17-18(13)9(2)3/h8-9,11-12,14,16H,5-7H2,1-4H3. The van der Waals surface area contributed by atoms with Crippen LogP contribution in [-0.2, 0) is 0 Å². The molecule has 0 aliphatic carbocycles. The van der Waals surface area contributed by atoms with Gasteiger partial charge >= 0.3 is 0 Å². The molecule has 2 rings (SSSR count).